The molecule has 1 atom stereocenters. The fourth-order valence-corrected chi connectivity index (χ4v) is 1.46. The number of rotatable bonds is 5. The molecule has 0 aliphatic rings. The molecule has 0 saturated heterocycles. The number of ether oxygens (including phenoxy) is 1. The minimum absolute atomic E-state index is 0. The summed E-state index contributed by atoms with van der Waals surface area (Å²) in [5, 5.41) is 21.0. The van der Waals surface area contributed by atoms with E-state index in [-0.39, 0.29) is 57.1 Å². The SMILES string of the molecule is COC(=O)/C=C(\C)N[C@@H](C(=O)O)c1ccc(O)cc1.[K+]. The zero-order valence-electron chi connectivity index (χ0n) is 11.6. The van der Waals surface area contributed by atoms with E-state index < -0.39 is 18.0 Å². The van der Waals surface area contributed by atoms with Crippen molar-refractivity contribution in [1.82, 2.24) is 5.32 Å². The predicted molar refractivity (Wildman–Crippen MR) is 67.4 cm³/mol. The van der Waals surface area contributed by atoms with Crippen LogP contribution in [0.1, 0.15) is 18.5 Å². The van der Waals surface area contributed by atoms with Crippen LogP contribution in [0.3, 0.4) is 0 Å². The van der Waals surface area contributed by atoms with Crippen molar-refractivity contribution in [2.75, 3.05) is 7.11 Å². The maximum absolute atomic E-state index is 11.2. The average molecular weight is 304 g/mol. The van der Waals surface area contributed by atoms with Gasteiger partial charge in [0, 0.05) is 11.8 Å². The number of hydrogen-bond donors (Lipinski definition) is 3. The number of hydrogen-bond acceptors (Lipinski definition) is 5. The summed E-state index contributed by atoms with van der Waals surface area (Å²) in [5.74, 6) is -1.61. The van der Waals surface area contributed by atoms with E-state index in [1.165, 1.54) is 31.4 Å². The molecule has 20 heavy (non-hydrogen) atoms. The number of allylic oxidation sites excluding steroid dienone is 1. The number of phenolic OH excluding ortho intramolecular Hbond substituents is 1. The number of carboxylic acid groups (broad SMARTS) is 1. The first kappa shape index (κ1) is 19.1. The second kappa shape index (κ2) is 9.14. The summed E-state index contributed by atoms with van der Waals surface area (Å²) in [4.78, 5) is 22.2. The van der Waals surface area contributed by atoms with Gasteiger partial charge in [0.2, 0.25) is 0 Å². The number of carbonyl (C=O) groups excluding carboxylic acids is 1. The Balaban J connectivity index is 0.00000361. The van der Waals surface area contributed by atoms with Crippen molar-refractivity contribution in [3.8, 4) is 5.75 Å². The molecule has 0 bridgehead atoms. The maximum Gasteiger partial charge on any atom is 1.00 e. The zero-order valence-corrected chi connectivity index (χ0v) is 14.7. The summed E-state index contributed by atoms with van der Waals surface area (Å²) in [6.07, 6.45) is 1.16. The molecule has 0 aromatic heterocycles. The van der Waals surface area contributed by atoms with Crippen molar-refractivity contribution in [1.29, 1.82) is 0 Å². The van der Waals surface area contributed by atoms with Gasteiger partial charge >= 0.3 is 63.3 Å². The molecule has 1 aromatic carbocycles. The number of aliphatic carboxylic acids is 1. The van der Waals surface area contributed by atoms with E-state index in [4.69, 9.17) is 10.2 Å². The quantitative estimate of drug-likeness (QED) is 0.337. The van der Waals surface area contributed by atoms with Crippen LogP contribution in [-0.4, -0.2) is 29.3 Å². The van der Waals surface area contributed by atoms with Crippen LogP contribution in [0.25, 0.3) is 0 Å². The smallest absolute Gasteiger partial charge is 0.508 e. The van der Waals surface area contributed by atoms with Crippen molar-refractivity contribution in [3.05, 3.63) is 41.6 Å². The van der Waals surface area contributed by atoms with Crippen LogP contribution in [0.5, 0.6) is 5.75 Å². The molecule has 0 fully saturated rings. The van der Waals surface area contributed by atoms with E-state index >= 15 is 0 Å². The fourth-order valence-electron chi connectivity index (χ4n) is 1.46. The van der Waals surface area contributed by atoms with Crippen LogP contribution in [0.15, 0.2) is 36.0 Å². The Morgan fingerprint density at radius 1 is 1.30 bits per heavy atom. The molecule has 1 aromatic rings. The van der Waals surface area contributed by atoms with Gasteiger partial charge in [-0.05, 0) is 24.6 Å². The molecular formula is C13H15KNO5+. The van der Waals surface area contributed by atoms with Crippen molar-refractivity contribution < 1.29 is 75.9 Å². The summed E-state index contributed by atoms with van der Waals surface area (Å²) in [5.41, 5.74) is 0.829. The van der Waals surface area contributed by atoms with Gasteiger partial charge in [-0.25, -0.2) is 9.59 Å². The van der Waals surface area contributed by atoms with Gasteiger partial charge in [-0.2, -0.15) is 0 Å². The molecular weight excluding hydrogens is 289 g/mol. The number of carboxylic acids is 1. The summed E-state index contributed by atoms with van der Waals surface area (Å²) in [6, 6.07) is 4.76. The molecule has 1 rings (SSSR count). The summed E-state index contributed by atoms with van der Waals surface area (Å²) >= 11 is 0. The average Bonchev–Trinajstić information content (AvgIpc) is 2.36. The minimum atomic E-state index is -1.09. The Kier molecular flexibility index (Phi) is 8.75. The van der Waals surface area contributed by atoms with Gasteiger partial charge in [0.1, 0.15) is 11.8 Å². The van der Waals surface area contributed by atoms with Crippen molar-refractivity contribution in [2.45, 2.75) is 13.0 Å². The summed E-state index contributed by atoms with van der Waals surface area (Å²) in [6.45, 7) is 1.56. The predicted octanol–water partition coefficient (Wildman–Crippen LogP) is -1.81. The second-order valence-corrected chi connectivity index (χ2v) is 3.86. The second-order valence-electron chi connectivity index (χ2n) is 3.86. The molecule has 102 valence electrons. The molecule has 3 N–H and O–H groups in total. The number of phenols is 1. The molecule has 0 radical (unpaired) electrons. The van der Waals surface area contributed by atoms with E-state index in [9.17, 15) is 9.59 Å². The number of nitrogens with one attached hydrogen (secondary N) is 1. The number of methoxy groups -OCH3 is 1. The first-order valence-corrected chi connectivity index (χ1v) is 5.48. The van der Waals surface area contributed by atoms with Gasteiger partial charge in [0.25, 0.3) is 0 Å². The van der Waals surface area contributed by atoms with Gasteiger partial charge in [-0.15, -0.1) is 0 Å². The first-order chi connectivity index (χ1) is 8.93. The normalized spacial score (nSPS) is 12.0. The molecule has 0 spiro atoms. The van der Waals surface area contributed by atoms with E-state index in [0.29, 0.717) is 11.3 Å². The third-order valence-corrected chi connectivity index (χ3v) is 2.38. The molecule has 0 aliphatic heterocycles. The molecule has 7 heteroatoms. The van der Waals surface area contributed by atoms with E-state index in [1.807, 2.05) is 0 Å². The van der Waals surface area contributed by atoms with Gasteiger partial charge < -0.3 is 20.3 Å². The number of aromatic hydroxyl groups is 1. The summed E-state index contributed by atoms with van der Waals surface area (Å²) < 4.78 is 4.45. The number of carbonyl (C=O) groups is 2. The topological polar surface area (TPSA) is 95.9 Å². The third-order valence-electron chi connectivity index (χ3n) is 2.38. The van der Waals surface area contributed by atoms with Crippen LogP contribution in [0.2, 0.25) is 0 Å². The Labute approximate surface area is 159 Å². The summed E-state index contributed by atoms with van der Waals surface area (Å²) in [7, 11) is 1.24. The minimum Gasteiger partial charge on any atom is -0.508 e. The van der Waals surface area contributed by atoms with Gasteiger partial charge in [0.05, 0.1) is 7.11 Å². The van der Waals surface area contributed by atoms with E-state index in [2.05, 4.69) is 10.1 Å². The molecule has 0 heterocycles. The van der Waals surface area contributed by atoms with Crippen LogP contribution < -0.4 is 56.7 Å². The van der Waals surface area contributed by atoms with Crippen molar-refractivity contribution in [3.63, 3.8) is 0 Å². The van der Waals surface area contributed by atoms with Gasteiger partial charge in [0.15, 0.2) is 0 Å². The molecule has 0 amide bonds. The Morgan fingerprint density at radius 2 is 1.85 bits per heavy atom. The fraction of sp³-hybridized carbons (Fsp3) is 0.231. The molecule has 0 saturated carbocycles. The van der Waals surface area contributed by atoms with Gasteiger partial charge in [-0.1, -0.05) is 12.1 Å². The Morgan fingerprint density at radius 3 is 2.30 bits per heavy atom. The zero-order chi connectivity index (χ0) is 14.4. The Bertz CT molecular complexity index is 498. The first-order valence-electron chi connectivity index (χ1n) is 5.48. The van der Waals surface area contributed by atoms with Crippen LogP contribution in [0, 0.1) is 0 Å². The van der Waals surface area contributed by atoms with Crippen LogP contribution in [-0.2, 0) is 14.3 Å². The number of esters is 1. The standard InChI is InChI=1S/C13H15NO5.K/c1-8(7-11(16)19-2)14-12(13(17)18)9-3-5-10(15)6-4-9;/h3-7,12,14-15H,1-2H3,(H,17,18);/q;+1/b8-7+;/t12-;/m1./s1. The Hall–Kier alpha value is -0.864. The number of benzene rings is 1. The molecule has 6 nitrogen and oxygen atoms in total. The largest absolute Gasteiger partial charge is 1.00 e. The van der Waals surface area contributed by atoms with Crippen LogP contribution >= 0.6 is 0 Å². The van der Waals surface area contributed by atoms with Crippen molar-refractivity contribution in [2.24, 2.45) is 0 Å². The van der Waals surface area contributed by atoms with E-state index in [1.54, 1.807) is 6.92 Å². The monoisotopic (exact) mass is 304 g/mol. The van der Waals surface area contributed by atoms with Crippen molar-refractivity contribution >= 4 is 11.9 Å². The maximum atomic E-state index is 11.2. The third kappa shape index (κ3) is 6.06. The van der Waals surface area contributed by atoms with Crippen LogP contribution in [0.4, 0.5) is 0 Å². The van der Waals surface area contributed by atoms with Gasteiger partial charge in [-0.3, -0.25) is 0 Å². The molecule has 0 aliphatic carbocycles. The van der Waals surface area contributed by atoms with E-state index in [0.717, 1.165) is 6.08 Å². The molecule has 0 unspecified atom stereocenters.